The fourth-order valence-electron chi connectivity index (χ4n) is 3.65. The number of fused-ring (bicyclic) bond motifs is 3. The zero-order valence-electron chi connectivity index (χ0n) is 16.1. The highest BCUT2D eigenvalue weighted by atomic mass is 32.2. The van der Waals surface area contributed by atoms with E-state index >= 15 is 0 Å². The fraction of sp³-hybridized carbons (Fsp3) is 0.318. The summed E-state index contributed by atoms with van der Waals surface area (Å²) in [5.41, 5.74) is 1.54. The predicted molar refractivity (Wildman–Crippen MR) is 117 cm³/mol. The molecule has 3 aromatic rings. The van der Waals surface area contributed by atoms with Crippen LogP contribution in [0.3, 0.4) is 0 Å². The number of nitrogens with zero attached hydrogens (tertiary/aromatic N) is 2. The minimum Gasteiger partial charge on any atom is -0.293 e. The van der Waals surface area contributed by atoms with Crippen LogP contribution in [-0.2, 0) is 19.4 Å². The van der Waals surface area contributed by atoms with Crippen molar-refractivity contribution in [3.63, 3.8) is 0 Å². The number of aryl methyl sites for hydroxylation is 1. The first-order valence-corrected chi connectivity index (χ1v) is 11.4. The molecule has 0 radical (unpaired) electrons. The summed E-state index contributed by atoms with van der Waals surface area (Å²) >= 11 is 2.84. The van der Waals surface area contributed by atoms with Gasteiger partial charge in [-0.15, -0.1) is 17.9 Å². The van der Waals surface area contributed by atoms with Gasteiger partial charge in [0.2, 0.25) is 0 Å². The number of Topliss-reactive ketones (excluding diaryl/α,β-unsaturated/α-hetero) is 1. The molecule has 0 amide bonds. The Balaban J connectivity index is 1.68. The van der Waals surface area contributed by atoms with Gasteiger partial charge in [0.1, 0.15) is 10.6 Å². The van der Waals surface area contributed by atoms with Gasteiger partial charge in [0.15, 0.2) is 10.9 Å². The van der Waals surface area contributed by atoms with Crippen molar-refractivity contribution in [3.8, 4) is 0 Å². The number of halogens is 1. The summed E-state index contributed by atoms with van der Waals surface area (Å²) in [6.45, 7) is 6.34. The Labute approximate surface area is 176 Å². The highest BCUT2D eigenvalue weighted by Crippen LogP contribution is 2.36. The molecular weight excluding hydrogens is 407 g/mol. The van der Waals surface area contributed by atoms with Gasteiger partial charge in [-0.25, -0.2) is 9.37 Å². The molecule has 0 saturated carbocycles. The molecule has 0 fully saturated rings. The van der Waals surface area contributed by atoms with Gasteiger partial charge in [-0.3, -0.25) is 14.2 Å². The van der Waals surface area contributed by atoms with E-state index < -0.39 is 0 Å². The van der Waals surface area contributed by atoms with Crippen LogP contribution in [0.5, 0.6) is 0 Å². The number of hydrogen-bond donors (Lipinski definition) is 0. The second-order valence-electron chi connectivity index (χ2n) is 7.35. The minimum absolute atomic E-state index is 0.0568. The number of allylic oxidation sites excluding steroid dienone is 1. The van der Waals surface area contributed by atoms with E-state index in [-0.39, 0.29) is 22.9 Å². The van der Waals surface area contributed by atoms with Crippen molar-refractivity contribution >= 4 is 39.1 Å². The Bertz CT molecular complexity index is 1150. The molecule has 0 bridgehead atoms. The third-order valence-electron chi connectivity index (χ3n) is 5.19. The first-order chi connectivity index (χ1) is 14.0. The summed E-state index contributed by atoms with van der Waals surface area (Å²) in [7, 11) is 0. The molecule has 1 aromatic carbocycles. The Hall–Kier alpha value is -2.25. The third kappa shape index (κ3) is 3.94. The molecule has 2 heterocycles. The molecule has 4 rings (SSSR count). The van der Waals surface area contributed by atoms with E-state index in [1.165, 1.54) is 40.9 Å². The average Bonchev–Trinajstić information content (AvgIpc) is 3.06. The molecule has 0 spiro atoms. The maximum atomic E-state index is 13.2. The second-order valence-corrected chi connectivity index (χ2v) is 9.38. The summed E-state index contributed by atoms with van der Waals surface area (Å²) in [5.74, 6) is 0.238. The van der Waals surface area contributed by atoms with Crippen LogP contribution >= 0.6 is 23.1 Å². The average molecular weight is 429 g/mol. The maximum absolute atomic E-state index is 13.2. The number of hydrogen-bond acceptors (Lipinski definition) is 5. The van der Waals surface area contributed by atoms with Crippen LogP contribution in [0.15, 0.2) is 46.9 Å². The Morgan fingerprint density at radius 3 is 2.90 bits per heavy atom. The third-order valence-corrected chi connectivity index (χ3v) is 7.32. The van der Waals surface area contributed by atoms with Crippen molar-refractivity contribution in [2.24, 2.45) is 5.92 Å². The molecule has 29 heavy (non-hydrogen) atoms. The van der Waals surface area contributed by atoms with Crippen LogP contribution in [0.1, 0.15) is 34.1 Å². The smallest absolute Gasteiger partial charge is 0.263 e. The maximum Gasteiger partial charge on any atom is 0.263 e. The molecule has 150 valence electrons. The fourth-order valence-corrected chi connectivity index (χ4v) is 5.98. The van der Waals surface area contributed by atoms with Crippen LogP contribution in [0, 0.1) is 11.7 Å². The molecular formula is C22H21FN2O2S2. The van der Waals surface area contributed by atoms with Gasteiger partial charge in [-0.2, -0.15) is 0 Å². The number of ketones is 1. The van der Waals surface area contributed by atoms with Crippen molar-refractivity contribution in [3.05, 3.63) is 69.1 Å². The quantitative estimate of drug-likeness (QED) is 0.243. The Morgan fingerprint density at radius 1 is 1.41 bits per heavy atom. The van der Waals surface area contributed by atoms with Crippen molar-refractivity contribution in [2.75, 3.05) is 5.75 Å². The van der Waals surface area contributed by atoms with E-state index in [1.54, 1.807) is 22.0 Å². The van der Waals surface area contributed by atoms with Crippen molar-refractivity contribution in [2.45, 2.75) is 37.9 Å². The molecule has 0 N–H and O–H groups in total. The highest BCUT2D eigenvalue weighted by molar-refractivity contribution is 7.99. The van der Waals surface area contributed by atoms with E-state index in [0.29, 0.717) is 23.2 Å². The summed E-state index contributed by atoms with van der Waals surface area (Å²) in [5, 5.41) is 1.25. The number of rotatable bonds is 6. The van der Waals surface area contributed by atoms with Crippen molar-refractivity contribution < 1.29 is 9.18 Å². The van der Waals surface area contributed by atoms with Gasteiger partial charge in [0.05, 0.1) is 11.1 Å². The van der Waals surface area contributed by atoms with Gasteiger partial charge in [-0.1, -0.05) is 24.8 Å². The topological polar surface area (TPSA) is 52.0 Å². The molecule has 2 aromatic heterocycles. The molecule has 0 unspecified atom stereocenters. The lowest BCUT2D eigenvalue weighted by atomic mass is 9.89. The van der Waals surface area contributed by atoms with Gasteiger partial charge in [0.25, 0.3) is 5.56 Å². The number of carbonyl (C=O) groups is 1. The lowest BCUT2D eigenvalue weighted by molar-refractivity contribution is 0.102. The number of carbonyl (C=O) groups excluding carboxylic acids is 1. The normalized spacial score (nSPS) is 16.0. The largest absolute Gasteiger partial charge is 0.293 e. The Kier molecular flexibility index (Phi) is 5.69. The number of thiophene rings is 1. The van der Waals surface area contributed by atoms with Crippen LogP contribution in [0.2, 0.25) is 0 Å². The molecule has 7 heteroatoms. The first kappa shape index (κ1) is 20.0. The zero-order valence-corrected chi connectivity index (χ0v) is 17.7. The number of thioether (sulfide) groups is 1. The van der Waals surface area contributed by atoms with E-state index in [0.717, 1.165) is 35.0 Å². The lowest BCUT2D eigenvalue weighted by Crippen LogP contribution is -2.24. The van der Waals surface area contributed by atoms with Gasteiger partial charge in [0, 0.05) is 17.0 Å². The van der Waals surface area contributed by atoms with E-state index in [1.807, 2.05) is 0 Å². The highest BCUT2D eigenvalue weighted by Gasteiger charge is 2.24. The van der Waals surface area contributed by atoms with Crippen LogP contribution in [0.25, 0.3) is 10.2 Å². The van der Waals surface area contributed by atoms with Gasteiger partial charge in [-0.05, 0) is 55.0 Å². The molecule has 0 saturated heterocycles. The van der Waals surface area contributed by atoms with Crippen LogP contribution in [0.4, 0.5) is 4.39 Å². The summed E-state index contributed by atoms with van der Waals surface area (Å²) in [4.78, 5) is 32.5. The molecule has 1 aliphatic carbocycles. The number of aromatic nitrogens is 2. The van der Waals surface area contributed by atoms with Crippen LogP contribution in [-0.4, -0.2) is 21.1 Å². The van der Waals surface area contributed by atoms with Crippen molar-refractivity contribution in [1.82, 2.24) is 9.55 Å². The summed E-state index contributed by atoms with van der Waals surface area (Å²) < 4.78 is 14.7. The SMILES string of the molecule is C=CCn1c(SCC(=O)c2ccc(F)cc2)nc2sc3c(c2c1=O)CC[C@@H](C)C3. The predicted octanol–water partition coefficient (Wildman–Crippen LogP) is 4.88. The Morgan fingerprint density at radius 2 is 2.17 bits per heavy atom. The molecule has 4 nitrogen and oxygen atoms in total. The molecule has 1 atom stereocenters. The van der Waals surface area contributed by atoms with E-state index in [9.17, 15) is 14.0 Å². The lowest BCUT2D eigenvalue weighted by Gasteiger charge is -2.17. The standard InChI is InChI=1S/C22H21FN2O2S2/c1-3-10-25-21(27)19-16-9-4-13(2)11-18(16)29-20(19)24-22(25)28-12-17(26)14-5-7-15(23)8-6-14/h3,5-8,13H,1,4,9-12H2,2H3/t13-/m1/s1. The zero-order chi connectivity index (χ0) is 20.5. The molecule has 0 aliphatic heterocycles. The summed E-state index contributed by atoms with van der Waals surface area (Å²) in [6.07, 6.45) is 4.66. The van der Waals surface area contributed by atoms with Crippen molar-refractivity contribution in [1.29, 1.82) is 0 Å². The van der Waals surface area contributed by atoms with E-state index in [4.69, 9.17) is 4.98 Å². The number of benzene rings is 1. The second kappa shape index (κ2) is 8.24. The monoisotopic (exact) mass is 428 g/mol. The van der Waals surface area contributed by atoms with E-state index in [2.05, 4.69) is 13.5 Å². The minimum atomic E-state index is -0.378. The van der Waals surface area contributed by atoms with Crippen LogP contribution < -0.4 is 5.56 Å². The summed E-state index contributed by atoms with van der Waals surface area (Å²) in [6, 6.07) is 5.49. The van der Waals surface area contributed by atoms with Gasteiger partial charge < -0.3 is 0 Å². The van der Waals surface area contributed by atoms with Gasteiger partial charge >= 0.3 is 0 Å². The molecule has 1 aliphatic rings. The first-order valence-electron chi connectivity index (χ1n) is 9.55.